The summed E-state index contributed by atoms with van der Waals surface area (Å²) in [5.74, 6) is -0.571. The number of benzene rings is 2. The molecule has 1 fully saturated rings. The molecule has 4 rings (SSSR count). The Bertz CT molecular complexity index is 1140. The molecule has 8 nitrogen and oxygen atoms in total. The third-order valence-electron chi connectivity index (χ3n) is 5.76. The van der Waals surface area contributed by atoms with Gasteiger partial charge in [0.15, 0.2) is 12.4 Å². The zero-order valence-electron chi connectivity index (χ0n) is 17.8. The van der Waals surface area contributed by atoms with Crippen molar-refractivity contribution in [2.75, 3.05) is 31.1 Å². The molecular weight excluding hydrogens is 430 g/mol. The maximum Gasteiger partial charge on any atom is 0.309 e. The molecule has 2 aliphatic heterocycles. The number of ether oxygens (including phenoxy) is 1. The van der Waals surface area contributed by atoms with Gasteiger partial charge in [-0.25, -0.2) is 0 Å². The minimum absolute atomic E-state index is 0.217. The lowest BCUT2D eigenvalue weighted by molar-refractivity contribution is -0.153. The number of sulfonamides is 1. The maximum absolute atomic E-state index is 12.5. The number of piperidine rings is 1. The molecular formula is C23H25N3O5S. The number of fused-ring (bicyclic) bond motifs is 1. The van der Waals surface area contributed by atoms with E-state index in [1.165, 1.54) is 0 Å². The lowest BCUT2D eigenvalue weighted by atomic mass is 9.96. The molecule has 0 N–H and O–H groups in total. The number of hydrogen-bond donors (Lipinski definition) is 0. The summed E-state index contributed by atoms with van der Waals surface area (Å²) in [6.45, 7) is 3.01. The van der Waals surface area contributed by atoms with E-state index >= 15 is 0 Å². The molecule has 0 aromatic heterocycles. The Morgan fingerprint density at radius 2 is 1.72 bits per heavy atom. The summed E-state index contributed by atoms with van der Waals surface area (Å²) in [6, 6.07) is 16.0. The first kappa shape index (κ1) is 22.0. The molecule has 1 saturated heterocycles. The summed E-state index contributed by atoms with van der Waals surface area (Å²) in [6.07, 6.45) is 1.01. The van der Waals surface area contributed by atoms with Gasteiger partial charge in [0.05, 0.1) is 5.92 Å². The second-order valence-electron chi connectivity index (χ2n) is 7.73. The fourth-order valence-corrected chi connectivity index (χ4v) is 5.31. The molecule has 0 atom stereocenters. The van der Waals surface area contributed by atoms with Crippen LogP contribution in [0.5, 0.6) is 0 Å². The topological polar surface area (TPSA) is 96.3 Å². The summed E-state index contributed by atoms with van der Waals surface area (Å²) in [5, 5.41) is 0. The molecule has 0 saturated carbocycles. The van der Waals surface area contributed by atoms with Crippen LogP contribution < -0.4 is 4.90 Å². The van der Waals surface area contributed by atoms with E-state index in [-0.39, 0.29) is 23.3 Å². The van der Waals surface area contributed by atoms with Crippen molar-refractivity contribution in [2.45, 2.75) is 24.7 Å². The number of anilines is 1. The van der Waals surface area contributed by atoms with E-state index in [0.29, 0.717) is 43.9 Å². The smallest absolute Gasteiger partial charge is 0.309 e. The van der Waals surface area contributed by atoms with Gasteiger partial charge in [-0.3, -0.25) is 9.59 Å². The molecule has 168 valence electrons. The van der Waals surface area contributed by atoms with E-state index in [1.54, 1.807) is 29.2 Å². The quantitative estimate of drug-likeness (QED) is 0.643. The normalized spacial score (nSPS) is 17.4. The number of amides is 1. The van der Waals surface area contributed by atoms with Crippen molar-refractivity contribution in [1.29, 1.82) is 0 Å². The number of hydrogen-bond acceptors (Lipinski definition) is 6. The fourth-order valence-electron chi connectivity index (χ4n) is 4.08. The number of amidine groups is 1. The van der Waals surface area contributed by atoms with Gasteiger partial charge in [0.2, 0.25) is 0 Å². The van der Waals surface area contributed by atoms with E-state index in [2.05, 4.69) is 4.40 Å². The van der Waals surface area contributed by atoms with Gasteiger partial charge >= 0.3 is 5.97 Å². The van der Waals surface area contributed by atoms with Crippen LogP contribution in [0.3, 0.4) is 0 Å². The maximum atomic E-state index is 12.5. The molecule has 2 heterocycles. The van der Waals surface area contributed by atoms with Crippen molar-refractivity contribution < 1.29 is 22.7 Å². The fraction of sp³-hybridized carbons (Fsp3) is 0.348. The third kappa shape index (κ3) is 4.38. The monoisotopic (exact) mass is 455 g/mol. The molecule has 0 bridgehead atoms. The molecule has 9 heteroatoms. The highest BCUT2D eigenvalue weighted by Crippen LogP contribution is 2.30. The molecule has 0 radical (unpaired) electrons. The molecule has 32 heavy (non-hydrogen) atoms. The average Bonchev–Trinajstić information content (AvgIpc) is 3.10. The second kappa shape index (κ2) is 9.12. The minimum Gasteiger partial charge on any atom is -0.455 e. The first-order valence-corrected chi connectivity index (χ1v) is 12.1. The Morgan fingerprint density at radius 1 is 1.06 bits per heavy atom. The zero-order valence-corrected chi connectivity index (χ0v) is 18.6. The Balaban J connectivity index is 1.32. The first-order valence-electron chi connectivity index (χ1n) is 10.6. The van der Waals surface area contributed by atoms with Crippen LogP contribution in [-0.4, -0.2) is 57.3 Å². The Labute approximate surface area is 187 Å². The van der Waals surface area contributed by atoms with E-state index in [4.69, 9.17) is 4.74 Å². The van der Waals surface area contributed by atoms with Crippen molar-refractivity contribution in [3.63, 3.8) is 0 Å². The number of carbonyl (C=O) groups is 2. The highest BCUT2D eigenvalue weighted by molar-refractivity contribution is 7.90. The Morgan fingerprint density at radius 3 is 2.41 bits per heavy atom. The standard InChI is InChI=1S/C23H25N3O5S/c1-2-26(18-8-4-3-5-9-18)21(27)16-31-23(28)17-12-14-25(15-13-17)22-19-10-6-7-11-20(19)32(29,30)24-22/h3-11,17H,2,12-16H2,1H3. The Kier molecular flexibility index (Phi) is 6.27. The van der Waals surface area contributed by atoms with Gasteiger partial charge in [0.1, 0.15) is 4.90 Å². The molecule has 0 spiro atoms. The van der Waals surface area contributed by atoms with Gasteiger partial charge in [-0.2, -0.15) is 8.42 Å². The Hall–Kier alpha value is -3.20. The highest BCUT2D eigenvalue weighted by atomic mass is 32.2. The summed E-state index contributed by atoms with van der Waals surface area (Å²) in [4.78, 5) is 28.8. The molecule has 2 aliphatic rings. The zero-order chi connectivity index (χ0) is 22.7. The van der Waals surface area contributed by atoms with Crippen LogP contribution in [0.25, 0.3) is 0 Å². The van der Waals surface area contributed by atoms with E-state index in [1.807, 2.05) is 42.2 Å². The highest BCUT2D eigenvalue weighted by Gasteiger charge is 2.35. The summed E-state index contributed by atoms with van der Waals surface area (Å²) >= 11 is 0. The van der Waals surface area contributed by atoms with Crippen LogP contribution in [0.1, 0.15) is 25.3 Å². The van der Waals surface area contributed by atoms with Gasteiger partial charge in [-0.1, -0.05) is 30.3 Å². The van der Waals surface area contributed by atoms with Crippen LogP contribution in [0, 0.1) is 5.92 Å². The van der Waals surface area contributed by atoms with Crippen LogP contribution >= 0.6 is 0 Å². The van der Waals surface area contributed by atoms with Crippen LogP contribution in [0.4, 0.5) is 5.69 Å². The SMILES string of the molecule is CCN(C(=O)COC(=O)C1CCN(C2=NS(=O)(=O)c3ccccc32)CC1)c1ccccc1. The number of rotatable bonds is 5. The number of nitrogens with zero attached hydrogens (tertiary/aromatic N) is 3. The molecule has 2 aromatic rings. The van der Waals surface area contributed by atoms with Crippen molar-refractivity contribution in [1.82, 2.24) is 4.90 Å². The van der Waals surface area contributed by atoms with Gasteiger partial charge in [-0.15, -0.1) is 4.40 Å². The molecule has 0 unspecified atom stereocenters. The number of para-hydroxylation sites is 1. The van der Waals surface area contributed by atoms with Gasteiger partial charge < -0.3 is 14.5 Å². The van der Waals surface area contributed by atoms with Crippen LogP contribution in [-0.2, 0) is 24.3 Å². The van der Waals surface area contributed by atoms with Gasteiger partial charge in [-0.05, 0) is 44.0 Å². The lowest BCUT2D eigenvalue weighted by Crippen LogP contribution is -2.41. The molecule has 1 amide bonds. The number of likely N-dealkylation sites (tertiary alicyclic amines) is 1. The van der Waals surface area contributed by atoms with Crippen molar-refractivity contribution >= 4 is 33.4 Å². The number of esters is 1. The van der Waals surface area contributed by atoms with E-state index in [0.717, 1.165) is 5.69 Å². The van der Waals surface area contributed by atoms with Crippen LogP contribution in [0.15, 0.2) is 63.9 Å². The van der Waals surface area contributed by atoms with E-state index < -0.39 is 16.0 Å². The van der Waals surface area contributed by atoms with Gasteiger partial charge in [0, 0.05) is 30.9 Å². The molecule has 0 aliphatic carbocycles. The predicted octanol–water partition coefficient (Wildman–Crippen LogP) is 2.44. The van der Waals surface area contributed by atoms with Crippen molar-refractivity contribution in [2.24, 2.45) is 10.3 Å². The van der Waals surface area contributed by atoms with E-state index in [9.17, 15) is 18.0 Å². The summed E-state index contributed by atoms with van der Waals surface area (Å²) in [5.41, 5.74) is 1.36. The second-order valence-corrected chi connectivity index (χ2v) is 9.30. The third-order valence-corrected chi connectivity index (χ3v) is 7.09. The van der Waals surface area contributed by atoms with Crippen molar-refractivity contribution in [3.05, 3.63) is 60.2 Å². The van der Waals surface area contributed by atoms with Crippen LogP contribution in [0.2, 0.25) is 0 Å². The van der Waals surface area contributed by atoms with Gasteiger partial charge in [0.25, 0.3) is 15.9 Å². The number of likely N-dealkylation sites (N-methyl/N-ethyl adjacent to an activating group) is 1. The lowest BCUT2D eigenvalue weighted by Gasteiger charge is -2.32. The minimum atomic E-state index is -3.67. The average molecular weight is 456 g/mol. The first-order chi connectivity index (χ1) is 15.4. The largest absolute Gasteiger partial charge is 0.455 e. The summed E-state index contributed by atoms with van der Waals surface area (Å²) < 4.78 is 33.8. The predicted molar refractivity (Wildman–Crippen MR) is 120 cm³/mol. The molecule has 2 aromatic carbocycles. The van der Waals surface area contributed by atoms with Crippen molar-refractivity contribution in [3.8, 4) is 0 Å². The summed E-state index contributed by atoms with van der Waals surface area (Å²) in [7, 11) is -3.67. The number of carbonyl (C=O) groups excluding carboxylic acids is 2.